The van der Waals surface area contributed by atoms with Crippen molar-refractivity contribution in [3.05, 3.63) is 52.8 Å². The fourth-order valence-electron chi connectivity index (χ4n) is 2.29. The maximum Gasteiger partial charge on any atom is 0.151 e. The average Bonchev–Trinajstić information content (AvgIpc) is 2.76. The molecule has 0 fully saturated rings. The lowest BCUT2D eigenvalue weighted by atomic mass is 10.1. The van der Waals surface area contributed by atoms with E-state index < -0.39 is 0 Å². The minimum atomic E-state index is 0.805. The van der Waals surface area contributed by atoms with Gasteiger partial charge in [-0.1, -0.05) is 18.2 Å². The number of fused-ring (bicyclic) bond motifs is 3. The molecule has 0 bridgehead atoms. The zero-order valence-electron chi connectivity index (χ0n) is 8.53. The van der Waals surface area contributed by atoms with Crippen LogP contribution in [0.4, 0.5) is 0 Å². The first kappa shape index (κ1) is 8.48. The molecule has 0 saturated heterocycles. The van der Waals surface area contributed by atoms with Gasteiger partial charge in [0.05, 0.1) is 0 Å². The van der Waals surface area contributed by atoms with E-state index in [-0.39, 0.29) is 0 Å². The molecule has 2 aromatic rings. The van der Waals surface area contributed by atoms with Crippen molar-refractivity contribution in [2.75, 3.05) is 0 Å². The molecule has 0 N–H and O–H groups in total. The number of carbonyl (C=O) groups excluding carboxylic acids is 1. The van der Waals surface area contributed by atoms with Crippen LogP contribution >= 0.6 is 0 Å². The molecule has 0 atom stereocenters. The maximum atomic E-state index is 10.8. The van der Waals surface area contributed by atoms with E-state index in [1.54, 1.807) is 0 Å². The minimum Gasteiger partial charge on any atom is -0.319 e. The van der Waals surface area contributed by atoms with Crippen molar-refractivity contribution in [1.82, 2.24) is 4.57 Å². The number of carbonyl (C=O) groups is 1. The lowest BCUT2D eigenvalue weighted by Crippen LogP contribution is -1.88. The van der Waals surface area contributed by atoms with Crippen LogP contribution in [0.25, 0.3) is 5.69 Å². The van der Waals surface area contributed by atoms with Gasteiger partial charge in [-0.05, 0) is 24.1 Å². The highest BCUT2D eigenvalue weighted by molar-refractivity contribution is 5.79. The van der Waals surface area contributed by atoms with Crippen LogP contribution in [0, 0.1) is 6.92 Å². The van der Waals surface area contributed by atoms with Crippen molar-refractivity contribution in [2.24, 2.45) is 0 Å². The Kier molecular flexibility index (Phi) is 1.60. The number of hydrogen-bond donors (Lipinski definition) is 0. The van der Waals surface area contributed by atoms with Crippen LogP contribution in [0.5, 0.6) is 0 Å². The fourth-order valence-corrected chi connectivity index (χ4v) is 2.29. The summed E-state index contributed by atoms with van der Waals surface area (Å²) in [6, 6.07) is 8.33. The molecule has 1 aromatic carbocycles. The molecule has 0 unspecified atom stereocenters. The van der Waals surface area contributed by atoms with Gasteiger partial charge >= 0.3 is 0 Å². The molecule has 15 heavy (non-hydrogen) atoms. The Morgan fingerprint density at radius 3 is 2.93 bits per heavy atom. The summed E-state index contributed by atoms with van der Waals surface area (Å²) in [6.07, 6.45) is 3.81. The van der Waals surface area contributed by atoms with Crippen LogP contribution in [0.3, 0.4) is 0 Å². The summed E-state index contributed by atoms with van der Waals surface area (Å²) in [4.78, 5) is 10.8. The Hall–Kier alpha value is -1.83. The van der Waals surface area contributed by atoms with Crippen LogP contribution in [0.1, 0.15) is 27.2 Å². The van der Waals surface area contributed by atoms with Gasteiger partial charge in [0.1, 0.15) is 0 Å². The molecule has 0 radical (unpaired) electrons. The number of hydrogen-bond acceptors (Lipinski definition) is 1. The van der Waals surface area contributed by atoms with E-state index in [0.717, 1.165) is 23.8 Å². The highest BCUT2D eigenvalue weighted by atomic mass is 16.1. The van der Waals surface area contributed by atoms with Gasteiger partial charge in [0, 0.05) is 29.6 Å². The monoisotopic (exact) mass is 197 g/mol. The highest BCUT2D eigenvalue weighted by Crippen LogP contribution is 2.31. The SMILES string of the molecule is Cc1c(C=O)cn2c1Cc1ccccc1-2. The lowest BCUT2D eigenvalue weighted by molar-refractivity contribution is 0.112. The number of benzene rings is 1. The molecule has 0 amide bonds. The van der Waals surface area contributed by atoms with Crippen molar-refractivity contribution < 1.29 is 4.79 Å². The molecule has 2 heteroatoms. The van der Waals surface area contributed by atoms with Crippen LogP contribution in [-0.4, -0.2) is 10.9 Å². The number of aromatic nitrogens is 1. The van der Waals surface area contributed by atoms with Crippen LogP contribution < -0.4 is 0 Å². The quantitative estimate of drug-likeness (QED) is 0.549. The molecule has 2 heterocycles. The first-order chi connectivity index (χ1) is 7.31. The second-order valence-electron chi connectivity index (χ2n) is 3.95. The third-order valence-corrected chi connectivity index (χ3v) is 3.16. The number of para-hydroxylation sites is 1. The van der Waals surface area contributed by atoms with E-state index in [9.17, 15) is 4.79 Å². The average molecular weight is 197 g/mol. The van der Waals surface area contributed by atoms with E-state index in [0.29, 0.717) is 0 Å². The fraction of sp³-hybridized carbons (Fsp3) is 0.154. The molecule has 0 aliphatic carbocycles. The predicted octanol–water partition coefficient (Wildman–Crippen LogP) is 2.50. The molecule has 0 saturated carbocycles. The molecule has 0 spiro atoms. The summed E-state index contributed by atoms with van der Waals surface area (Å²) in [6.45, 7) is 2.02. The predicted molar refractivity (Wildman–Crippen MR) is 58.7 cm³/mol. The van der Waals surface area contributed by atoms with Gasteiger partial charge in [0.15, 0.2) is 6.29 Å². The van der Waals surface area contributed by atoms with Gasteiger partial charge in [0.2, 0.25) is 0 Å². The Labute approximate surface area is 88.2 Å². The van der Waals surface area contributed by atoms with E-state index >= 15 is 0 Å². The molecule has 3 rings (SSSR count). The Morgan fingerprint density at radius 2 is 2.13 bits per heavy atom. The number of nitrogens with zero attached hydrogens (tertiary/aromatic N) is 1. The summed E-state index contributed by atoms with van der Waals surface area (Å²) in [5, 5.41) is 0. The van der Waals surface area contributed by atoms with Crippen molar-refractivity contribution >= 4 is 6.29 Å². The van der Waals surface area contributed by atoms with Gasteiger partial charge in [-0.25, -0.2) is 0 Å². The lowest BCUT2D eigenvalue weighted by Gasteiger charge is -1.99. The zero-order chi connectivity index (χ0) is 10.4. The van der Waals surface area contributed by atoms with E-state index in [4.69, 9.17) is 0 Å². The highest BCUT2D eigenvalue weighted by Gasteiger charge is 2.21. The van der Waals surface area contributed by atoms with Gasteiger partial charge in [-0.3, -0.25) is 4.79 Å². The van der Waals surface area contributed by atoms with Gasteiger partial charge in [-0.2, -0.15) is 0 Å². The smallest absolute Gasteiger partial charge is 0.151 e. The molecule has 2 nitrogen and oxygen atoms in total. The van der Waals surface area contributed by atoms with Crippen molar-refractivity contribution in [2.45, 2.75) is 13.3 Å². The molecule has 1 aromatic heterocycles. The van der Waals surface area contributed by atoms with Crippen molar-refractivity contribution in [3.63, 3.8) is 0 Å². The second kappa shape index (κ2) is 2.83. The maximum absolute atomic E-state index is 10.8. The third kappa shape index (κ3) is 1.02. The molecular formula is C13H11NO. The summed E-state index contributed by atoms with van der Waals surface area (Å²) in [7, 11) is 0. The summed E-state index contributed by atoms with van der Waals surface area (Å²) >= 11 is 0. The first-order valence-corrected chi connectivity index (χ1v) is 5.05. The minimum absolute atomic E-state index is 0.805. The Morgan fingerprint density at radius 1 is 1.33 bits per heavy atom. The summed E-state index contributed by atoms with van der Waals surface area (Å²) in [5.41, 5.74) is 5.72. The van der Waals surface area contributed by atoms with E-state index in [2.05, 4.69) is 22.8 Å². The molecule has 1 aliphatic heterocycles. The summed E-state index contributed by atoms with van der Waals surface area (Å²) < 4.78 is 2.13. The van der Waals surface area contributed by atoms with Crippen LogP contribution in [-0.2, 0) is 6.42 Å². The third-order valence-electron chi connectivity index (χ3n) is 3.16. The van der Waals surface area contributed by atoms with Crippen molar-refractivity contribution in [1.29, 1.82) is 0 Å². The molecule has 1 aliphatic rings. The topological polar surface area (TPSA) is 22.0 Å². The Bertz CT molecular complexity index is 552. The number of rotatable bonds is 1. The van der Waals surface area contributed by atoms with Gasteiger partial charge in [-0.15, -0.1) is 0 Å². The van der Waals surface area contributed by atoms with E-state index in [1.165, 1.54) is 16.9 Å². The van der Waals surface area contributed by atoms with Gasteiger partial charge in [0.25, 0.3) is 0 Å². The van der Waals surface area contributed by atoms with Crippen LogP contribution in [0.15, 0.2) is 30.5 Å². The van der Waals surface area contributed by atoms with Crippen molar-refractivity contribution in [3.8, 4) is 5.69 Å². The first-order valence-electron chi connectivity index (χ1n) is 5.05. The zero-order valence-corrected chi connectivity index (χ0v) is 8.53. The largest absolute Gasteiger partial charge is 0.319 e. The van der Waals surface area contributed by atoms with Gasteiger partial charge < -0.3 is 4.57 Å². The normalized spacial score (nSPS) is 12.3. The van der Waals surface area contributed by atoms with Crippen LogP contribution in [0.2, 0.25) is 0 Å². The number of aldehydes is 1. The molecular weight excluding hydrogens is 186 g/mol. The summed E-state index contributed by atoms with van der Waals surface area (Å²) in [5.74, 6) is 0. The molecule has 74 valence electrons. The Balaban J connectivity index is 2.29. The standard InChI is InChI=1S/C13H11NO/c1-9-11(8-15)7-14-12-5-3-2-4-10(12)6-13(9)14/h2-5,7-8H,6H2,1H3. The van der Waals surface area contributed by atoms with E-state index in [1.807, 2.05) is 19.2 Å². The second-order valence-corrected chi connectivity index (χ2v) is 3.95.